The number of hydrogen-bond donors (Lipinski definition) is 3. The Morgan fingerprint density at radius 2 is 0.911 bits per heavy atom. The molecule has 0 bridgehead atoms. The molecule has 2 atom stereocenters. The van der Waals surface area contributed by atoms with Crippen molar-refractivity contribution in [2.45, 2.75) is 257 Å². The first-order chi connectivity index (χ1) is 27.5. The highest BCUT2D eigenvalue weighted by Gasteiger charge is 2.19. The monoisotopic (exact) mass is 788 g/mol. The molecule has 0 heterocycles. The number of carbonyl (C=O) groups excluding carboxylic acids is 2. The van der Waals surface area contributed by atoms with Crippen LogP contribution in [0.4, 0.5) is 0 Å². The van der Waals surface area contributed by atoms with Gasteiger partial charge in [0.05, 0.1) is 25.4 Å². The van der Waals surface area contributed by atoms with Crippen LogP contribution >= 0.6 is 0 Å². The lowest BCUT2D eigenvalue weighted by molar-refractivity contribution is -0.143. The molecular formula is C50H93NO5. The zero-order valence-corrected chi connectivity index (χ0v) is 37.1. The van der Waals surface area contributed by atoms with Crippen LogP contribution in [-0.4, -0.2) is 47.4 Å². The highest BCUT2D eigenvalue weighted by Crippen LogP contribution is 2.15. The molecule has 0 spiro atoms. The molecule has 0 radical (unpaired) electrons. The largest absolute Gasteiger partial charge is 0.466 e. The molecule has 0 aromatic rings. The topological polar surface area (TPSA) is 95.9 Å². The normalized spacial score (nSPS) is 13.0. The zero-order valence-electron chi connectivity index (χ0n) is 37.1. The van der Waals surface area contributed by atoms with Crippen molar-refractivity contribution in [2.75, 3.05) is 13.2 Å². The molecule has 1 amide bonds. The molecule has 0 aliphatic carbocycles. The molecule has 6 heteroatoms. The molecule has 0 aliphatic heterocycles. The minimum atomic E-state index is -0.696. The van der Waals surface area contributed by atoms with E-state index in [1.165, 1.54) is 128 Å². The lowest BCUT2D eigenvalue weighted by Crippen LogP contribution is -2.45. The summed E-state index contributed by atoms with van der Waals surface area (Å²) in [7, 11) is 0. The van der Waals surface area contributed by atoms with E-state index in [0.717, 1.165) is 83.5 Å². The minimum absolute atomic E-state index is 0.0502. The number of amides is 1. The van der Waals surface area contributed by atoms with Gasteiger partial charge in [0.25, 0.3) is 0 Å². The van der Waals surface area contributed by atoms with Crippen molar-refractivity contribution in [3.8, 4) is 0 Å². The highest BCUT2D eigenvalue weighted by molar-refractivity contribution is 5.76. The average molecular weight is 788 g/mol. The first-order valence-electron chi connectivity index (χ1n) is 24.2. The number of carbonyl (C=O) groups is 2. The molecule has 6 nitrogen and oxygen atoms in total. The van der Waals surface area contributed by atoms with Gasteiger partial charge in [-0.05, 0) is 77.0 Å². The van der Waals surface area contributed by atoms with Crippen LogP contribution in [0.1, 0.15) is 245 Å². The minimum Gasteiger partial charge on any atom is -0.466 e. The Labute approximate surface area is 347 Å². The van der Waals surface area contributed by atoms with E-state index in [1.54, 1.807) is 0 Å². The summed E-state index contributed by atoms with van der Waals surface area (Å²) in [6.07, 6.45) is 53.9. The maximum Gasteiger partial charge on any atom is 0.305 e. The Hall–Kier alpha value is -1.92. The fourth-order valence-electron chi connectivity index (χ4n) is 7.14. The number of rotatable bonds is 44. The van der Waals surface area contributed by atoms with Gasteiger partial charge in [-0.15, -0.1) is 0 Å². The second-order valence-electron chi connectivity index (χ2n) is 16.4. The van der Waals surface area contributed by atoms with E-state index in [0.29, 0.717) is 25.9 Å². The second kappa shape index (κ2) is 45.8. The third kappa shape index (κ3) is 41.7. The number of allylic oxidation sites excluding steroid dienone is 6. The molecular weight excluding hydrogens is 695 g/mol. The number of aliphatic hydroxyl groups is 2. The van der Waals surface area contributed by atoms with E-state index in [1.807, 2.05) is 0 Å². The van der Waals surface area contributed by atoms with Gasteiger partial charge in [-0.3, -0.25) is 9.59 Å². The zero-order chi connectivity index (χ0) is 40.8. The van der Waals surface area contributed by atoms with Crippen LogP contribution in [0, 0.1) is 0 Å². The number of aliphatic hydroxyl groups excluding tert-OH is 2. The van der Waals surface area contributed by atoms with Gasteiger partial charge in [-0.25, -0.2) is 0 Å². The summed E-state index contributed by atoms with van der Waals surface area (Å²) in [5.41, 5.74) is 0. The predicted molar refractivity (Wildman–Crippen MR) is 241 cm³/mol. The molecule has 328 valence electrons. The second-order valence-corrected chi connectivity index (χ2v) is 16.4. The van der Waals surface area contributed by atoms with Crippen LogP contribution in [0.3, 0.4) is 0 Å². The number of esters is 1. The predicted octanol–water partition coefficient (Wildman–Crippen LogP) is 14.1. The summed E-state index contributed by atoms with van der Waals surface area (Å²) in [4.78, 5) is 24.4. The smallest absolute Gasteiger partial charge is 0.305 e. The van der Waals surface area contributed by atoms with Gasteiger partial charge < -0.3 is 20.3 Å². The van der Waals surface area contributed by atoms with E-state index in [-0.39, 0.29) is 18.5 Å². The average Bonchev–Trinajstić information content (AvgIpc) is 3.20. The van der Waals surface area contributed by atoms with Crippen molar-refractivity contribution in [3.05, 3.63) is 36.5 Å². The van der Waals surface area contributed by atoms with Crippen molar-refractivity contribution in [1.29, 1.82) is 0 Å². The fraction of sp³-hybridized carbons (Fsp3) is 0.840. The first-order valence-corrected chi connectivity index (χ1v) is 24.2. The summed E-state index contributed by atoms with van der Waals surface area (Å²) >= 11 is 0. The van der Waals surface area contributed by atoms with Crippen LogP contribution in [0.15, 0.2) is 36.5 Å². The van der Waals surface area contributed by atoms with Crippen molar-refractivity contribution < 1.29 is 24.5 Å². The molecule has 0 rings (SSSR count). The fourth-order valence-corrected chi connectivity index (χ4v) is 7.14. The molecule has 0 saturated carbocycles. The summed E-state index contributed by atoms with van der Waals surface area (Å²) < 4.78 is 5.42. The third-order valence-electron chi connectivity index (χ3n) is 10.9. The van der Waals surface area contributed by atoms with Gasteiger partial charge in [0.15, 0.2) is 0 Å². The molecule has 0 aromatic carbocycles. The summed E-state index contributed by atoms with van der Waals surface area (Å²) in [6, 6.07) is -0.580. The standard InChI is InChI=1S/C50H93NO5/c1-3-5-7-9-11-13-15-17-19-21-23-26-30-34-38-42-48(53)47(46-52)51-49(54)43-39-35-31-27-25-29-33-37-41-45-56-50(55)44-40-36-32-28-24-22-20-18-16-14-12-10-8-6-4-2/h12,14,18,20,27,31,47-48,52-53H,3-11,13,15-17,19,21-26,28-30,32-46H2,1-2H3,(H,51,54)/b14-12-,20-18-,31-27-. The van der Waals surface area contributed by atoms with Crippen molar-refractivity contribution in [1.82, 2.24) is 5.32 Å². The van der Waals surface area contributed by atoms with E-state index < -0.39 is 12.1 Å². The molecule has 0 aliphatic rings. The van der Waals surface area contributed by atoms with Crippen LogP contribution in [0.25, 0.3) is 0 Å². The van der Waals surface area contributed by atoms with Gasteiger partial charge in [0, 0.05) is 12.8 Å². The molecule has 3 N–H and O–H groups in total. The molecule has 0 saturated heterocycles. The van der Waals surface area contributed by atoms with Crippen LogP contribution in [0.5, 0.6) is 0 Å². The molecule has 56 heavy (non-hydrogen) atoms. The Balaban J connectivity index is 3.57. The Kier molecular flexibility index (Phi) is 44.2. The quantitative estimate of drug-likeness (QED) is 0.0325. The van der Waals surface area contributed by atoms with E-state index in [4.69, 9.17) is 4.74 Å². The van der Waals surface area contributed by atoms with Crippen LogP contribution in [0.2, 0.25) is 0 Å². The van der Waals surface area contributed by atoms with Crippen LogP contribution in [-0.2, 0) is 14.3 Å². The van der Waals surface area contributed by atoms with E-state index in [9.17, 15) is 19.8 Å². The van der Waals surface area contributed by atoms with Crippen molar-refractivity contribution in [2.24, 2.45) is 0 Å². The molecule has 0 fully saturated rings. The SMILES string of the molecule is CCCCC/C=C\C/C=C\CCCCCCCC(=O)OCCCCCC/C=C\CCCC(=O)NC(CO)C(O)CCCCCCCCCCCCCCCCC. The van der Waals surface area contributed by atoms with Gasteiger partial charge in [0.1, 0.15) is 0 Å². The lowest BCUT2D eigenvalue weighted by Gasteiger charge is -2.22. The Bertz CT molecular complexity index is 915. The van der Waals surface area contributed by atoms with Crippen molar-refractivity contribution >= 4 is 11.9 Å². The van der Waals surface area contributed by atoms with Gasteiger partial charge in [0.2, 0.25) is 5.91 Å². The summed E-state index contributed by atoms with van der Waals surface area (Å²) in [6.45, 7) is 4.82. The van der Waals surface area contributed by atoms with Gasteiger partial charge in [-0.2, -0.15) is 0 Å². The first kappa shape index (κ1) is 54.1. The van der Waals surface area contributed by atoms with Crippen molar-refractivity contribution in [3.63, 3.8) is 0 Å². The van der Waals surface area contributed by atoms with E-state index >= 15 is 0 Å². The summed E-state index contributed by atoms with van der Waals surface area (Å²) in [5.74, 6) is -0.148. The number of nitrogens with one attached hydrogen (secondary N) is 1. The third-order valence-corrected chi connectivity index (χ3v) is 10.9. The maximum absolute atomic E-state index is 12.4. The highest BCUT2D eigenvalue weighted by atomic mass is 16.5. The number of ether oxygens (including phenoxy) is 1. The summed E-state index contributed by atoms with van der Waals surface area (Å²) in [5, 5.41) is 23.1. The van der Waals surface area contributed by atoms with Gasteiger partial charge in [-0.1, -0.05) is 192 Å². The lowest BCUT2D eigenvalue weighted by atomic mass is 10.0. The van der Waals surface area contributed by atoms with Gasteiger partial charge >= 0.3 is 5.97 Å². The molecule has 2 unspecified atom stereocenters. The van der Waals surface area contributed by atoms with E-state index in [2.05, 4.69) is 55.6 Å². The molecule has 0 aromatic heterocycles. The Morgan fingerprint density at radius 3 is 1.45 bits per heavy atom. The number of hydrogen-bond acceptors (Lipinski definition) is 5. The van der Waals surface area contributed by atoms with Crippen LogP contribution < -0.4 is 5.32 Å². The maximum atomic E-state index is 12.4. The Morgan fingerprint density at radius 1 is 0.500 bits per heavy atom. The number of unbranched alkanes of at least 4 members (excludes halogenated alkanes) is 27.